The molecule has 5 rings (SSSR count). The highest BCUT2D eigenvalue weighted by molar-refractivity contribution is 7.22. The van der Waals surface area contributed by atoms with E-state index in [1.165, 1.54) is 18.4 Å². The number of methoxy groups -OCH3 is 1. The van der Waals surface area contributed by atoms with Gasteiger partial charge < -0.3 is 4.74 Å². The van der Waals surface area contributed by atoms with Crippen molar-refractivity contribution in [2.45, 2.75) is 26.2 Å². The summed E-state index contributed by atoms with van der Waals surface area (Å²) in [6.07, 6.45) is 5.57. The van der Waals surface area contributed by atoms with Gasteiger partial charge in [-0.2, -0.15) is 0 Å². The van der Waals surface area contributed by atoms with E-state index < -0.39 is 5.91 Å². The molecule has 0 unspecified atom stereocenters. The number of hydrogen-bond acceptors (Lipinski definition) is 8. The molecule has 1 saturated heterocycles. The summed E-state index contributed by atoms with van der Waals surface area (Å²) in [5.74, 6) is 0.720. The molecule has 9 nitrogen and oxygen atoms in total. The van der Waals surface area contributed by atoms with Crippen LogP contribution in [0.2, 0.25) is 5.15 Å². The number of fused-ring (bicyclic) bond motifs is 1. The number of rotatable bonds is 5. The molecule has 2 amide bonds. The fraction of sp³-hybridized carbons (Fsp3) is 0.250. The van der Waals surface area contributed by atoms with Gasteiger partial charge in [0, 0.05) is 36.0 Å². The van der Waals surface area contributed by atoms with Gasteiger partial charge in [-0.1, -0.05) is 22.9 Å². The van der Waals surface area contributed by atoms with E-state index in [0.717, 1.165) is 12.8 Å². The molecule has 1 aliphatic heterocycles. The van der Waals surface area contributed by atoms with Crippen molar-refractivity contribution in [3.63, 3.8) is 0 Å². The molecule has 0 aliphatic carbocycles. The predicted molar refractivity (Wildman–Crippen MR) is 135 cm³/mol. The van der Waals surface area contributed by atoms with Crippen LogP contribution >= 0.6 is 22.9 Å². The van der Waals surface area contributed by atoms with Gasteiger partial charge in [0.2, 0.25) is 5.91 Å². The molecule has 11 heteroatoms. The SMILES string of the molecule is COc1cnccc1-c1cc(C)nc(Cl)c1C(=O)Nc1nc2ccc(N3CCCCC3=O)nc2s1. The lowest BCUT2D eigenvalue weighted by Gasteiger charge is -2.25. The zero-order valence-electron chi connectivity index (χ0n) is 19.0. The zero-order valence-corrected chi connectivity index (χ0v) is 20.6. The Bertz CT molecular complexity index is 1460. The van der Waals surface area contributed by atoms with E-state index in [2.05, 4.69) is 25.3 Å². The molecule has 0 radical (unpaired) electrons. The minimum absolute atomic E-state index is 0.0708. The van der Waals surface area contributed by atoms with Crippen LogP contribution in [-0.4, -0.2) is 45.4 Å². The number of nitrogens with one attached hydrogen (secondary N) is 1. The van der Waals surface area contributed by atoms with Crippen molar-refractivity contribution < 1.29 is 14.3 Å². The van der Waals surface area contributed by atoms with E-state index in [0.29, 0.717) is 56.8 Å². The summed E-state index contributed by atoms with van der Waals surface area (Å²) in [4.78, 5) is 45.4. The van der Waals surface area contributed by atoms with Crippen molar-refractivity contribution in [3.8, 4) is 16.9 Å². The zero-order chi connectivity index (χ0) is 24.5. The maximum atomic E-state index is 13.4. The number of anilines is 2. The van der Waals surface area contributed by atoms with E-state index in [4.69, 9.17) is 16.3 Å². The second kappa shape index (κ2) is 9.55. The minimum atomic E-state index is -0.457. The van der Waals surface area contributed by atoms with E-state index in [-0.39, 0.29) is 16.6 Å². The first-order valence-electron chi connectivity index (χ1n) is 11.0. The average Bonchev–Trinajstić information content (AvgIpc) is 3.25. The molecule has 0 bridgehead atoms. The molecule has 0 spiro atoms. The van der Waals surface area contributed by atoms with E-state index in [9.17, 15) is 9.59 Å². The van der Waals surface area contributed by atoms with Gasteiger partial charge in [-0.25, -0.2) is 15.0 Å². The summed E-state index contributed by atoms with van der Waals surface area (Å²) in [5.41, 5.74) is 2.73. The highest BCUT2D eigenvalue weighted by Gasteiger charge is 2.24. The van der Waals surface area contributed by atoms with Crippen LogP contribution in [0.25, 0.3) is 21.5 Å². The molecule has 0 saturated carbocycles. The average molecular weight is 509 g/mol. The third kappa shape index (κ3) is 4.54. The predicted octanol–water partition coefficient (Wildman–Crippen LogP) is 4.89. The van der Waals surface area contributed by atoms with Gasteiger partial charge in [-0.3, -0.25) is 24.8 Å². The molecule has 5 heterocycles. The Kier molecular flexibility index (Phi) is 6.31. The minimum Gasteiger partial charge on any atom is -0.494 e. The van der Waals surface area contributed by atoms with Crippen LogP contribution < -0.4 is 15.0 Å². The Balaban J connectivity index is 1.48. The molecule has 4 aromatic heterocycles. The van der Waals surface area contributed by atoms with Crippen LogP contribution in [0, 0.1) is 6.92 Å². The Hall–Kier alpha value is -3.63. The third-order valence-electron chi connectivity index (χ3n) is 5.69. The van der Waals surface area contributed by atoms with Crippen molar-refractivity contribution >= 4 is 56.0 Å². The quantitative estimate of drug-likeness (QED) is 0.382. The number of aromatic nitrogens is 4. The largest absolute Gasteiger partial charge is 0.494 e. The lowest BCUT2D eigenvalue weighted by Crippen LogP contribution is -2.35. The number of halogens is 1. The first-order chi connectivity index (χ1) is 16.9. The summed E-state index contributed by atoms with van der Waals surface area (Å²) in [6.45, 7) is 2.45. The van der Waals surface area contributed by atoms with Crippen LogP contribution in [0.5, 0.6) is 5.75 Å². The van der Waals surface area contributed by atoms with Crippen LogP contribution in [-0.2, 0) is 4.79 Å². The molecule has 1 N–H and O–H groups in total. The maximum Gasteiger partial charge on any atom is 0.261 e. The van der Waals surface area contributed by atoms with E-state index >= 15 is 0 Å². The van der Waals surface area contributed by atoms with E-state index in [1.54, 1.807) is 48.5 Å². The summed E-state index contributed by atoms with van der Waals surface area (Å²) in [7, 11) is 1.54. The third-order valence-corrected chi connectivity index (χ3v) is 6.84. The number of carbonyl (C=O) groups is 2. The number of pyridine rings is 3. The smallest absolute Gasteiger partial charge is 0.261 e. The van der Waals surface area contributed by atoms with Gasteiger partial charge in [0.1, 0.15) is 27.1 Å². The summed E-state index contributed by atoms with van der Waals surface area (Å²) >= 11 is 7.67. The Morgan fingerprint density at radius 3 is 2.83 bits per heavy atom. The number of thiazole rings is 1. The fourth-order valence-corrected chi connectivity index (χ4v) is 5.20. The lowest BCUT2D eigenvalue weighted by atomic mass is 10.0. The molecule has 178 valence electrons. The summed E-state index contributed by atoms with van der Waals surface area (Å²) in [5, 5.41) is 3.27. The highest BCUT2D eigenvalue weighted by atomic mass is 35.5. The monoisotopic (exact) mass is 508 g/mol. The van der Waals surface area contributed by atoms with Crippen LogP contribution in [0.15, 0.2) is 36.7 Å². The van der Waals surface area contributed by atoms with E-state index in [1.807, 2.05) is 0 Å². The van der Waals surface area contributed by atoms with Crippen molar-refractivity contribution in [1.82, 2.24) is 19.9 Å². The number of hydrogen-bond donors (Lipinski definition) is 1. The van der Waals surface area contributed by atoms with Gasteiger partial charge in [0.15, 0.2) is 5.13 Å². The number of ether oxygens (including phenoxy) is 1. The molecular weight excluding hydrogens is 488 g/mol. The van der Waals surface area contributed by atoms with Gasteiger partial charge >= 0.3 is 0 Å². The topological polar surface area (TPSA) is 110 Å². The molecule has 0 atom stereocenters. The Labute approximate surface area is 210 Å². The van der Waals surface area contributed by atoms with Crippen molar-refractivity contribution in [2.75, 3.05) is 23.9 Å². The number of amides is 2. The number of aryl methyl sites for hydroxylation is 1. The summed E-state index contributed by atoms with van der Waals surface area (Å²) in [6, 6.07) is 7.12. The van der Waals surface area contributed by atoms with Crippen LogP contribution in [0.1, 0.15) is 35.3 Å². The maximum absolute atomic E-state index is 13.4. The highest BCUT2D eigenvalue weighted by Crippen LogP contribution is 2.36. The second-order valence-corrected chi connectivity index (χ2v) is 9.36. The lowest BCUT2D eigenvalue weighted by molar-refractivity contribution is -0.119. The first-order valence-corrected chi connectivity index (χ1v) is 12.2. The van der Waals surface area contributed by atoms with Gasteiger partial charge in [0.25, 0.3) is 5.91 Å². The fourth-order valence-electron chi connectivity index (χ4n) is 4.05. The number of carbonyl (C=O) groups excluding carboxylic acids is 2. The molecule has 1 fully saturated rings. The van der Waals surface area contributed by atoms with Crippen LogP contribution in [0.4, 0.5) is 10.9 Å². The standard InChI is InChI=1S/C24H21ClN6O3S/c1-13-11-15(14-8-9-26-12-17(14)34-2)20(21(25)27-13)22(33)30-24-28-16-6-7-18(29-23(16)35-24)31-10-4-3-5-19(31)32/h6-9,11-12H,3-5,10H2,1-2H3,(H,28,30,33). The van der Waals surface area contributed by atoms with Gasteiger partial charge in [0.05, 0.1) is 18.9 Å². The van der Waals surface area contributed by atoms with Gasteiger partial charge in [-0.15, -0.1) is 0 Å². The number of nitrogens with zero attached hydrogens (tertiary/aromatic N) is 5. The molecule has 1 aliphatic rings. The van der Waals surface area contributed by atoms with Crippen molar-refractivity contribution in [2.24, 2.45) is 0 Å². The Morgan fingerprint density at radius 2 is 2.03 bits per heavy atom. The van der Waals surface area contributed by atoms with Gasteiger partial charge in [-0.05, 0) is 44.0 Å². The summed E-state index contributed by atoms with van der Waals surface area (Å²) < 4.78 is 5.44. The molecule has 35 heavy (non-hydrogen) atoms. The Morgan fingerprint density at radius 1 is 1.17 bits per heavy atom. The van der Waals surface area contributed by atoms with Crippen molar-refractivity contribution in [3.05, 3.63) is 53.1 Å². The first kappa shape index (κ1) is 23.1. The normalized spacial score (nSPS) is 13.8. The molecular formula is C24H21ClN6O3S. The number of piperidine rings is 1. The van der Waals surface area contributed by atoms with Crippen LogP contribution in [0.3, 0.4) is 0 Å². The molecule has 4 aromatic rings. The second-order valence-electron chi connectivity index (χ2n) is 8.02. The molecule has 0 aromatic carbocycles. The van der Waals surface area contributed by atoms with Crippen molar-refractivity contribution in [1.29, 1.82) is 0 Å².